The summed E-state index contributed by atoms with van der Waals surface area (Å²) in [5.41, 5.74) is 10.6. The number of aromatic nitrogens is 1. The Morgan fingerprint density at radius 1 is 0.373 bits per heavy atom. The van der Waals surface area contributed by atoms with Gasteiger partial charge in [0.25, 0.3) is 0 Å². The minimum Gasteiger partial charge on any atom is -0.309 e. The number of fused-ring (bicyclic) bond motifs is 5. The molecule has 1 heterocycles. The van der Waals surface area contributed by atoms with Crippen molar-refractivity contribution in [2.45, 2.75) is 0 Å². The summed E-state index contributed by atoms with van der Waals surface area (Å²) in [5, 5.41) is 36.4. The summed E-state index contributed by atoms with van der Waals surface area (Å²) in [6.45, 7) is 0. The first-order chi connectivity index (χ1) is 25.2. The van der Waals surface area contributed by atoms with Gasteiger partial charge in [-0.1, -0.05) is 109 Å². The molecule has 0 bridgehead atoms. The predicted octanol–water partition coefficient (Wildman–Crippen LogP) is 11.7. The third-order valence-electron chi connectivity index (χ3n) is 9.88. The molecule has 0 atom stereocenters. The van der Waals surface area contributed by atoms with E-state index in [-0.39, 0.29) is 0 Å². The Balaban J connectivity index is 1.28. The van der Waals surface area contributed by atoms with Crippen molar-refractivity contribution in [1.29, 1.82) is 15.8 Å². The lowest BCUT2D eigenvalue weighted by molar-refractivity contribution is 1.18. The van der Waals surface area contributed by atoms with Gasteiger partial charge in [0.15, 0.2) is 0 Å². The fraction of sp³-hybridized carbons (Fsp3) is 0. The third-order valence-corrected chi connectivity index (χ3v) is 9.88. The molecular weight excluding hydrogens is 621 g/mol. The van der Waals surface area contributed by atoms with E-state index >= 15 is 0 Å². The maximum absolute atomic E-state index is 10.8. The zero-order valence-electron chi connectivity index (χ0n) is 27.3. The Hall–Kier alpha value is -7.45. The van der Waals surface area contributed by atoms with Crippen LogP contribution in [0.3, 0.4) is 0 Å². The van der Waals surface area contributed by atoms with E-state index in [1.54, 1.807) is 0 Å². The van der Waals surface area contributed by atoms with Gasteiger partial charge in [-0.25, -0.2) is 0 Å². The number of benzene rings is 8. The zero-order chi connectivity index (χ0) is 34.5. The number of hydrogen-bond donors (Lipinski definition) is 0. The molecule has 0 unspecified atom stereocenters. The number of para-hydroxylation sites is 1. The van der Waals surface area contributed by atoms with Crippen molar-refractivity contribution in [2.24, 2.45) is 0 Å². The van der Waals surface area contributed by atoms with Crippen LogP contribution in [0.25, 0.3) is 82.4 Å². The second-order valence-corrected chi connectivity index (χ2v) is 12.6. The van der Waals surface area contributed by atoms with Crippen molar-refractivity contribution in [3.05, 3.63) is 174 Å². The molecule has 0 saturated carbocycles. The van der Waals surface area contributed by atoms with Gasteiger partial charge in [0.2, 0.25) is 0 Å². The normalized spacial score (nSPS) is 11.1. The molecule has 51 heavy (non-hydrogen) atoms. The van der Waals surface area contributed by atoms with Crippen molar-refractivity contribution in [3.8, 4) is 57.3 Å². The number of rotatable bonds is 4. The molecule has 0 radical (unpaired) electrons. The van der Waals surface area contributed by atoms with Gasteiger partial charge < -0.3 is 4.57 Å². The fourth-order valence-corrected chi connectivity index (χ4v) is 7.69. The molecule has 0 aliphatic heterocycles. The lowest BCUT2D eigenvalue weighted by atomic mass is 9.84. The van der Waals surface area contributed by atoms with Gasteiger partial charge in [0, 0.05) is 21.9 Å². The van der Waals surface area contributed by atoms with Crippen molar-refractivity contribution in [2.75, 3.05) is 0 Å². The highest BCUT2D eigenvalue weighted by Crippen LogP contribution is 2.45. The zero-order valence-corrected chi connectivity index (χ0v) is 27.3. The standard InChI is InChI=1S/C47H26N4/c48-27-30-18-22-44-41(24-30)42-25-31(28-49)19-23-45(42)51(44)43-17-9-8-12-35(43)33-20-21-36(34(26-33)29-50)47-39-15-6-4-13-37(39)46(32-10-2-1-3-11-32)38-14-5-7-16-40(38)47/h1-26H. The van der Waals surface area contributed by atoms with Crippen LogP contribution >= 0.6 is 0 Å². The van der Waals surface area contributed by atoms with Crippen LogP contribution in [0.1, 0.15) is 16.7 Å². The van der Waals surface area contributed by atoms with E-state index in [1.807, 2.05) is 60.7 Å². The Morgan fingerprint density at radius 2 is 0.902 bits per heavy atom. The Labute approximate surface area is 294 Å². The van der Waals surface area contributed by atoms with Crippen LogP contribution in [0.5, 0.6) is 0 Å². The first-order valence-corrected chi connectivity index (χ1v) is 16.7. The van der Waals surface area contributed by atoms with E-state index in [9.17, 15) is 15.8 Å². The Morgan fingerprint density at radius 3 is 1.47 bits per heavy atom. The van der Waals surface area contributed by atoms with Gasteiger partial charge in [0.1, 0.15) is 0 Å². The van der Waals surface area contributed by atoms with E-state index in [4.69, 9.17) is 0 Å². The van der Waals surface area contributed by atoms with Crippen molar-refractivity contribution >= 4 is 43.4 Å². The molecular formula is C47H26N4. The summed E-state index contributed by atoms with van der Waals surface area (Å²) in [5.74, 6) is 0. The van der Waals surface area contributed by atoms with Crippen LogP contribution in [-0.2, 0) is 0 Å². The summed E-state index contributed by atoms with van der Waals surface area (Å²) in [6.07, 6.45) is 0. The topological polar surface area (TPSA) is 76.3 Å². The monoisotopic (exact) mass is 646 g/mol. The van der Waals surface area contributed by atoms with Crippen LogP contribution in [0.2, 0.25) is 0 Å². The first-order valence-electron chi connectivity index (χ1n) is 16.7. The maximum Gasteiger partial charge on any atom is 0.0998 e. The summed E-state index contributed by atoms with van der Waals surface area (Å²) in [7, 11) is 0. The van der Waals surface area contributed by atoms with Crippen LogP contribution in [0, 0.1) is 34.0 Å². The number of nitrogens with zero attached hydrogens (tertiary/aromatic N) is 4. The second-order valence-electron chi connectivity index (χ2n) is 12.6. The van der Waals surface area contributed by atoms with Gasteiger partial charge in [-0.05, 0) is 92.3 Å². The molecule has 9 rings (SSSR count). The van der Waals surface area contributed by atoms with Crippen molar-refractivity contribution in [3.63, 3.8) is 0 Å². The largest absolute Gasteiger partial charge is 0.309 e. The lowest BCUT2D eigenvalue weighted by Gasteiger charge is -2.19. The maximum atomic E-state index is 10.8. The fourth-order valence-electron chi connectivity index (χ4n) is 7.69. The van der Waals surface area contributed by atoms with E-state index in [0.717, 1.165) is 76.9 Å². The third kappa shape index (κ3) is 4.66. The highest BCUT2D eigenvalue weighted by atomic mass is 15.0. The van der Waals surface area contributed by atoms with E-state index < -0.39 is 0 Å². The second kappa shape index (κ2) is 11.9. The summed E-state index contributed by atoms with van der Waals surface area (Å²) in [6, 6.07) is 60.3. The number of nitriles is 3. The SMILES string of the molecule is N#Cc1ccc2c(c1)c1cc(C#N)ccc1n2-c1ccccc1-c1ccc(-c2c3ccccc3c(-c3ccccc3)c3ccccc23)c(C#N)c1. The summed E-state index contributed by atoms with van der Waals surface area (Å²) in [4.78, 5) is 0. The van der Waals surface area contributed by atoms with Gasteiger partial charge in [-0.3, -0.25) is 0 Å². The molecule has 0 aliphatic carbocycles. The van der Waals surface area contributed by atoms with Crippen LogP contribution in [0.15, 0.2) is 158 Å². The predicted molar refractivity (Wildman–Crippen MR) is 206 cm³/mol. The first kappa shape index (κ1) is 29.7. The van der Waals surface area contributed by atoms with E-state index in [2.05, 4.69) is 120 Å². The van der Waals surface area contributed by atoms with Crippen LogP contribution < -0.4 is 0 Å². The minimum atomic E-state index is 0.559. The number of hydrogen-bond acceptors (Lipinski definition) is 3. The quantitative estimate of drug-likeness (QED) is 0.179. The van der Waals surface area contributed by atoms with E-state index in [1.165, 1.54) is 5.56 Å². The molecule has 0 aliphatic rings. The van der Waals surface area contributed by atoms with E-state index in [0.29, 0.717) is 16.7 Å². The minimum absolute atomic E-state index is 0.559. The van der Waals surface area contributed by atoms with Crippen molar-refractivity contribution in [1.82, 2.24) is 4.57 Å². The molecule has 0 spiro atoms. The van der Waals surface area contributed by atoms with Gasteiger partial charge >= 0.3 is 0 Å². The molecule has 1 aromatic heterocycles. The lowest BCUT2D eigenvalue weighted by Crippen LogP contribution is -1.98. The summed E-state index contributed by atoms with van der Waals surface area (Å²) < 4.78 is 2.19. The molecule has 4 heteroatoms. The molecule has 0 fully saturated rings. The highest BCUT2D eigenvalue weighted by molar-refractivity contribution is 6.22. The van der Waals surface area contributed by atoms with Crippen LogP contribution in [-0.4, -0.2) is 4.57 Å². The summed E-state index contributed by atoms with van der Waals surface area (Å²) >= 11 is 0. The van der Waals surface area contributed by atoms with Gasteiger partial charge in [-0.2, -0.15) is 15.8 Å². The van der Waals surface area contributed by atoms with Crippen LogP contribution in [0.4, 0.5) is 0 Å². The highest BCUT2D eigenvalue weighted by Gasteiger charge is 2.21. The van der Waals surface area contributed by atoms with Crippen molar-refractivity contribution < 1.29 is 0 Å². The molecule has 9 aromatic rings. The smallest absolute Gasteiger partial charge is 0.0998 e. The molecule has 4 nitrogen and oxygen atoms in total. The van der Waals surface area contributed by atoms with Gasteiger partial charge in [0.05, 0.1) is 51.6 Å². The Bertz CT molecular complexity index is 2870. The molecule has 0 saturated heterocycles. The molecule has 8 aromatic carbocycles. The van der Waals surface area contributed by atoms with Gasteiger partial charge in [-0.15, -0.1) is 0 Å². The average molecular weight is 647 g/mol. The molecule has 234 valence electrons. The Kier molecular flexibility index (Phi) is 6.93. The average Bonchev–Trinajstić information content (AvgIpc) is 3.52. The molecule has 0 amide bonds. The molecule has 0 N–H and O–H groups in total.